The highest BCUT2D eigenvalue weighted by molar-refractivity contribution is 5.73. The molecule has 49 heavy (non-hydrogen) atoms. The maximum Gasteiger partial charge on any atom is 0.308 e. The Kier molecular flexibility index (Phi) is 17.8. The molecule has 2 saturated heterocycles. The van der Waals surface area contributed by atoms with Gasteiger partial charge < -0.3 is 53.6 Å². The first-order valence-corrected chi connectivity index (χ1v) is 17.5. The summed E-state index contributed by atoms with van der Waals surface area (Å²) in [7, 11) is 0. The van der Waals surface area contributed by atoms with Crippen LogP contribution < -0.4 is 0 Å². The number of aliphatic hydroxyl groups is 4. The lowest BCUT2D eigenvalue weighted by atomic mass is 9.97. The monoisotopic (exact) mass is 706 g/mol. The molecule has 284 valence electrons. The van der Waals surface area contributed by atoms with E-state index in [1.54, 1.807) is 41.5 Å². The summed E-state index contributed by atoms with van der Waals surface area (Å²) in [5, 5.41) is 42.9. The predicted molar refractivity (Wildman–Crippen MR) is 171 cm³/mol. The van der Waals surface area contributed by atoms with Crippen LogP contribution in [0.5, 0.6) is 0 Å². The van der Waals surface area contributed by atoms with Crippen LogP contribution in [0, 0.1) is 17.8 Å². The molecular formula is C34H58O15. The van der Waals surface area contributed by atoms with Crippen molar-refractivity contribution in [2.24, 2.45) is 17.8 Å². The van der Waals surface area contributed by atoms with Crippen molar-refractivity contribution in [3.05, 3.63) is 0 Å². The Morgan fingerprint density at radius 3 is 1.84 bits per heavy atom. The minimum Gasteiger partial charge on any atom is -0.463 e. The zero-order valence-corrected chi connectivity index (χ0v) is 29.9. The molecular weight excluding hydrogens is 648 g/mol. The second-order valence-corrected chi connectivity index (χ2v) is 13.6. The van der Waals surface area contributed by atoms with Crippen LogP contribution in [0.25, 0.3) is 0 Å². The topological polar surface area (TPSA) is 214 Å². The quantitative estimate of drug-likeness (QED) is 0.0809. The molecule has 0 amide bonds. The van der Waals surface area contributed by atoms with E-state index in [-0.39, 0.29) is 6.42 Å². The van der Waals surface area contributed by atoms with Crippen LogP contribution in [0.15, 0.2) is 0 Å². The zero-order valence-electron chi connectivity index (χ0n) is 29.9. The maximum absolute atomic E-state index is 13.2. The van der Waals surface area contributed by atoms with Gasteiger partial charge in [0, 0.05) is 6.42 Å². The highest BCUT2D eigenvalue weighted by Gasteiger charge is 2.62. The minimum absolute atomic E-state index is 0.0189. The van der Waals surface area contributed by atoms with Crippen LogP contribution in [0.3, 0.4) is 0 Å². The molecule has 15 heteroatoms. The number of ether oxygens (including phenoxy) is 7. The van der Waals surface area contributed by atoms with Crippen LogP contribution in [-0.4, -0.2) is 119 Å². The lowest BCUT2D eigenvalue weighted by molar-refractivity contribution is -0.384. The largest absolute Gasteiger partial charge is 0.463 e. The standard InChI is InChI=1S/C34H58O15/c1-8-9-10-11-12-13-14-15-24(37)45-28-27(46-31(41)20(4)5)25(38)23(17-43-30(40)19(2)3)44-33(28)49-34(18-36)29(47-32(42)21(6)7)26(39)22(16-35)48-34/h19-23,25-29,33,35-36,38-39H,8-18H2,1-7H3. The molecule has 0 aliphatic carbocycles. The molecule has 4 N–H and O–H groups in total. The summed E-state index contributed by atoms with van der Waals surface area (Å²) in [5.41, 5.74) is 0. The summed E-state index contributed by atoms with van der Waals surface area (Å²) in [4.78, 5) is 51.1. The van der Waals surface area contributed by atoms with Crippen molar-refractivity contribution >= 4 is 23.9 Å². The van der Waals surface area contributed by atoms with Crippen molar-refractivity contribution in [2.45, 2.75) is 155 Å². The lowest BCUT2D eigenvalue weighted by Gasteiger charge is -2.46. The molecule has 9 unspecified atom stereocenters. The molecule has 15 nitrogen and oxygen atoms in total. The van der Waals surface area contributed by atoms with E-state index in [1.165, 1.54) is 0 Å². The SMILES string of the molecule is CCCCCCCCCC(=O)OC1C(OC2(CO)OC(CO)C(O)C2OC(=O)C(C)C)OC(COC(=O)C(C)C)C(O)C1OC(=O)C(C)C. The van der Waals surface area contributed by atoms with Gasteiger partial charge in [-0.2, -0.15) is 0 Å². The van der Waals surface area contributed by atoms with E-state index in [1.807, 2.05) is 0 Å². The van der Waals surface area contributed by atoms with Gasteiger partial charge >= 0.3 is 23.9 Å². The Bertz CT molecular complexity index is 1050. The van der Waals surface area contributed by atoms with Crippen LogP contribution in [0.4, 0.5) is 0 Å². The highest BCUT2D eigenvalue weighted by Crippen LogP contribution is 2.39. The number of carbonyl (C=O) groups is 4. The number of carbonyl (C=O) groups excluding carboxylic acids is 4. The van der Waals surface area contributed by atoms with Gasteiger partial charge in [0.2, 0.25) is 12.1 Å². The molecule has 2 aliphatic rings. The van der Waals surface area contributed by atoms with E-state index in [0.717, 1.165) is 38.5 Å². The summed E-state index contributed by atoms with van der Waals surface area (Å²) >= 11 is 0. The fraction of sp³-hybridized carbons (Fsp3) is 0.882. The van der Waals surface area contributed by atoms with Crippen molar-refractivity contribution in [1.29, 1.82) is 0 Å². The average molecular weight is 707 g/mol. The Hall–Kier alpha value is -2.40. The van der Waals surface area contributed by atoms with Crippen molar-refractivity contribution in [3.63, 3.8) is 0 Å². The molecule has 0 radical (unpaired) electrons. The van der Waals surface area contributed by atoms with Gasteiger partial charge in [-0.05, 0) is 6.42 Å². The van der Waals surface area contributed by atoms with Gasteiger partial charge in [-0.1, -0.05) is 87.0 Å². The van der Waals surface area contributed by atoms with Gasteiger partial charge in [-0.3, -0.25) is 19.2 Å². The second kappa shape index (κ2) is 20.4. The first-order chi connectivity index (χ1) is 23.1. The average Bonchev–Trinajstić information content (AvgIpc) is 3.32. The van der Waals surface area contributed by atoms with Crippen LogP contribution >= 0.6 is 0 Å². The van der Waals surface area contributed by atoms with E-state index in [4.69, 9.17) is 33.2 Å². The normalized spacial score (nSPS) is 30.1. The fourth-order valence-electron chi connectivity index (χ4n) is 5.29. The maximum atomic E-state index is 13.2. The molecule has 2 fully saturated rings. The molecule has 0 aromatic carbocycles. The van der Waals surface area contributed by atoms with E-state index >= 15 is 0 Å². The third-order valence-electron chi connectivity index (χ3n) is 8.36. The summed E-state index contributed by atoms with van der Waals surface area (Å²) in [6.07, 6.45) is -6.45. The van der Waals surface area contributed by atoms with Gasteiger partial charge in [-0.25, -0.2) is 0 Å². The molecule has 2 heterocycles. The van der Waals surface area contributed by atoms with Crippen molar-refractivity contribution in [3.8, 4) is 0 Å². The molecule has 0 saturated carbocycles. The Balaban J connectivity index is 2.49. The molecule has 2 aliphatic heterocycles. The molecule has 9 atom stereocenters. The van der Waals surface area contributed by atoms with E-state index in [0.29, 0.717) is 6.42 Å². The third kappa shape index (κ3) is 12.1. The smallest absolute Gasteiger partial charge is 0.308 e. The molecule has 0 bridgehead atoms. The summed E-state index contributed by atoms with van der Waals surface area (Å²) < 4.78 is 40.1. The van der Waals surface area contributed by atoms with Crippen LogP contribution in [0.2, 0.25) is 0 Å². The summed E-state index contributed by atoms with van der Waals surface area (Å²) in [6, 6.07) is 0. The minimum atomic E-state index is -2.39. The van der Waals surface area contributed by atoms with Crippen molar-refractivity contribution in [1.82, 2.24) is 0 Å². The molecule has 0 spiro atoms. The Morgan fingerprint density at radius 1 is 0.714 bits per heavy atom. The van der Waals surface area contributed by atoms with Gasteiger partial charge in [0.25, 0.3) is 0 Å². The first kappa shape index (κ1) is 42.8. The zero-order chi connectivity index (χ0) is 36.9. The predicted octanol–water partition coefficient (Wildman–Crippen LogP) is 1.92. The van der Waals surface area contributed by atoms with Gasteiger partial charge in [0.15, 0.2) is 18.3 Å². The Labute approximate surface area is 288 Å². The summed E-state index contributed by atoms with van der Waals surface area (Å²) in [5.74, 6) is -7.14. The molecule has 0 aromatic heterocycles. The number of esters is 4. The van der Waals surface area contributed by atoms with Crippen molar-refractivity contribution < 1.29 is 72.8 Å². The Morgan fingerprint density at radius 2 is 1.29 bits per heavy atom. The number of aliphatic hydroxyl groups excluding tert-OH is 4. The second-order valence-electron chi connectivity index (χ2n) is 13.6. The van der Waals surface area contributed by atoms with E-state index in [9.17, 15) is 39.6 Å². The first-order valence-electron chi connectivity index (χ1n) is 17.5. The van der Waals surface area contributed by atoms with Crippen LogP contribution in [0.1, 0.15) is 99.8 Å². The van der Waals surface area contributed by atoms with Gasteiger partial charge in [-0.15, -0.1) is 0 Å². The summed E-state index contributed by atoms with van der Waals surface area (Å²) in [6.45, 7) is 9.18. The van der Waals surface area contributed by atoms with Crippen LogP contribution in [-0.2, 0) is 52.3 Å². The highest BCUT2D eigenvalue weighted by atomic mass is 16.8. The van der Waals surface area contributed by atoms with E-state index < -0.39 is 116 Å². The van der Waals surface area contributed by atoms with Gasteiger partial charge in [0.1, 0.15) is 37.6 Å². The van der Waals surface area contributed by atoms with E-state index in [2.05, 4.69) is 6.92 Å². The molecule has 0 aromatic rings. The van der Waals surface area contributed by atoms with Crippen molar-refractivity contribution in [2.75, 3.05) is 19.8 Å². The number of hydrogen-bond donors (Lipinski definition) is 4. The third-order valence-corrected chi connectivity index (χ3v) is 8.36. The van der Waals surface area contributed by atoms with Gasteiger partial charge in [0.05, 0.1) is 24.4 Å². The number of unbranched alkanes of at least 4 members (excludes halogenated alkanes) is 6. The fourth-order valence-corrected chi connectivity index (χ4v) is 5.29. The molecule has 2 rings (SSSR count). The lowest BCUT2D eigenvalue weighted by Crippen LogP contribution is -2.65. The number of rotatable bonds is 20. The number of hydrogen-bond acceptors (Lipinski definition) is 15.